The van der Waals surface area contributed by atoms with Gasteiger partial charge in [0, 0.05) is 10.8 Å². The molecule has 2 aromatic carbocycles. The SMILES string of the molecule is O=C(O)C=COc1cccc2c(O)cccc12. The first-order valence-electron chi connectivity index (χ1n) is 4.95. The van der Waals surface area contributed by atoms with Crippen molar-refractivity contribution in [2.24, 2.45) is 0 Å². The summed E-state index contributed by atoms with van der Waals surface area (Å²) in [4.78, 5) is 10.3. The Bertz CT molecular complexity index is 587. The summed E-state index contributed by atoms with van der Waals surface area (Å²) in [5, 5.41) is 19.5. The first-order chi connectivity index (χ1) is 8.18. The van der Waals surface area contributed by atoms with E-state index < -0.39 is 5.97 Å². The van der Waals surface area contributed by atoms with Crippen LogP contribution in [-0.2, 0) is 4.79 Å². The topological polar surface area (TPSA) is 66.8 Å². The zero-order valence-corrected chi connectivity index (χ0v) is 8.83. The maximum absolute atomic E-state index is 10.3. The van der Waals surface area contributed by atoms with Gasteiger partial charge in [0.25, 0.3) is 0 Å². The van der Waals surface area contributed by atoms with Gasteiger partial charge < -0.3 is 14.9 Å². The van der Waals surface area contributed by atoms with Crippen LogP contribution in [-0.4, -0.2) is 16.2 Å². The summed E-state index contributed by atoms with van der Waals surface area (Å²) in [7, 11) is 0. The second-order valence-electron chi connectivity index (χ2n) is 3.39. The molecule has 0 radical (unpaired) electrons. The molecule has 17 heavy (non-hydrogen) atoms. The monoisotopic (exact) mass is 230 g/mol. The summed E-state index contributed by atoms with van der Waals surface area (Å²) in [5.74, 6) is -0.417. The quantitative estimate of drug-likeness (QED) is 0.628. The number of benzene rings is 2. The predicted molar refractivity (Wildman–Crippen MR) is 63.0 cm³/mol. The second-order valence-corrected chi connectivity index (χ2v) is 3.39. The highest BCUT2D eigenvalue weighted by molar-refractivity contribution is 5.92. The molecule has 0 heterocycles. The van der Waals surface area contributed by atoms with Crippen LogP contribution in [0.15, 0.2) is 48.7 Å². The van der Waals surface area contributed by atoms with E-state index in [4.69, 9.17) is 9.84 Å². The molecule has 0 aliphatic heterocycles. The molecule has 0 saturated heterocycles. The van der Waals surface area contributed by atoms with Crippen LogP contribution in [0.2, 0.25) is 0 Å². The summed E-state index contributed by atoms with van der Waals surface area (Å²) < 4.78 is 5.21. The Morgan fingerprint density at radius 2 is 1.82 bits per heavy atom. The molecule has 86 valence electrons. The molecule has 2 rings (SSSR count). The van der Waals surface area contributed by atoms with E-state index in [0.717, 1.165) is 17.7 Å². The van der Waals surface area contributed by atoms with Gasteiger partial charge in [-0.05, 0) is 12.1 Å². The van der Waals surface area contributed by atoms with E-state index >= 15 is 0 Å². The van der Waals surface area contributed by atoms with Gasteiger partial charge in [-0.1, -0.05) is 24.3 Å². The highest BCUT2D eigenvalue weighted by atomic mass is 16.5. The molecule has 2 aromatic rings. The van der Waals surface area contributed by atoms with Gasteiger partial charge in [0.2, 0.25) is 0 Å². The molecule has 0 atom stereocenters. The molecule has 0 bridgehead atoms. The van der Waals surface area contributed by atoms with Crippen LogP contribution in [0, 0.1) is 0 Å². The number of aliphatic carboxylic acids is 1. The molecule has 0 amide bonds. The van der Waals surface area contributed by atoms with Gasteiger partial charge in [-0.15, -0.1) is 0 Å². The molecule has 0 fully saturated rings. The van der Waals surface area contributed by atoms with Crippen molar-refractivity contribution in [1.82, 2.24) is 0 Å². The number of carboxylic acid groups (broad SMARTS) is 1. The van der Waals surface area contributed by atoms with Crippen LogP contribution >= 0.6 is 0 Å². The lowest BCUT2D eigenvalue weighted by molar-refractivity contribution is -0.131. The van der Waals surface area contributed by atoms with Gasteiger partial charge in [0.15, 0.2) is 0 Å². The van der Waals surface area contributed by atoms with Crippen molar-refractivity contribution in [3.63, 3.8) is 0 Å². The van der Waals surface area contributed by atoms with Gasteiger partial charge in [-0.3, -0.25) is 0 Å². The fourth-order valence-corrected chi connectivity index (χ4v) is 1.53. The van der Waals surface area contributed by atoms with Crippen molar-refractivity contribution in [3.8, 4) is 11.5 Å². The number of fused-ring (bicyclic) bond motifs is 1. The number of carbonyl (C=O) groups is 1. The highest BCUT2D eigenvalue weighted by Gasteiger charge is 2.03. The minimum absolute atomic E-state index is 0.162. The minimum Gasteiger partial charge on any atom is -0.507 e. The molecule has 0 aliphatic carbocycles. The number of phenolic OH excluding ortho intramolecular Hbond substituents is 1. The lowest BCUT2D eigenvalue weighted by Gasteiger charge is -2.06. The molecular formula is C13H10O4. The predicted octanol–water partition coefficient (Wildman–Crippen LogP) is 2.52. The van der Waals surface area contributed by atoms with Crippen molar-refractivity contribution in [2.75, 3.05) is 0 Å². The van der Waals surface area contributed by atoms with Gasteiger partial charge in [0.05, 0.1) is 12.3 Å². The van der Waals surface area contributed by atoms with Gasteiger partial charge in [-0.25, -0.2) is 4.79 Å². The average Bonchev–Trinajstić information content (AvgIpc) is 2.30. The molecule has 4 nitrogen and oxygen atoms in total. The zero-order valence-electron chi connectivity index (χ0n) is 8.83. The van der Waals surface area contributed by atoms with Crippen molar-refractivity contribution >= 4 is 16.7 Å². The maximum Gasteiger partial charge on any atom is 0.331 e. The largest absolute Gasteiger partial charge is 0.507 e. The number of rotatable bonds is 3. The fourth-order valence-electron chi connectivity index (χ4n) is 1.53. The number of hydrogen-bond donors (Lipinski definition) is 2. The van der Waals surface area contributed by atoms with Crippen LogP contribution in [0.25, 0.3) is 10.8 Å². The van der Waals surface area contributed by atoms with Crippen molar-refractivity contribution in [1.29, 1.82) is 0 Å². The van der Waals surface area contributed by atoms with Crippen LogP contribution < -0.4 is 4.74 Å². The summed E-state index contributed by atoms with van der Waals surface area (Å²) in [6.07, 6.45) is 2.00. The number of phenols is 1. The Morgan fingerprint density at radius 1 is 1.12 bits per heavy atom. The first-order valence-corrected chi connectivity index (χ1v) is 4.95. The third-order valence-electron chi connectivity index (χ3n) is 2.26. The second kappa shape index (κ2) is 4.57. The van der Waals surface area contributed by atoms with Crippen molar-refractivity contribution < 1.29 is 19.7 Å². The van der Waals surface area contributed by atoms with Crippen LogP contribution in [0.3, 0.4) is 0 Å². The molecule has 0 aromatic heterocycles. The molecule has 4 heteroatoms. The number of aromatic hydroxyl groups is 1. The summed E-state index contributed by atoms with van der Waals surface area (Å²) in [6, 6.07) is 10.3. The van der Waals surface area contributed by atoms with Gasteiger partial charge >= 0.3 is 5.97 Å². The summed E-state index contributed by atoms with van der Waals surface area (Å²) in [6.45, 7) is 0. The lowest BCUT2D eigenvalue weighted by Crippen LogP contribution is -1.90. The lowest BCUT2D eigenvalue weighted by atomic mass is 10.1. The van der Waals surface area contributed by atoms with Crippen LogP contribution in [0.4, 0.5) is 0 Å². The van der Waals surface area contributed by atoms with Gasteiger partial charge in [-0.2, -0.15) is 0 Å². The standard InChI is InChI=1S/C13H10O4/c14-11-5-1-4-10-9(11)3-2-6-12(10)17-8-7-13(15)16/h1-8,14H,(H,15,16). The third-order valence-corrected chi connectivity index (χ3v) is 2.26. The normalized spacial score (nSPS) is 10.8. The van der Waals surface area contributed by atoms with Crippen molar-refractivity contribution in [3.05, 3.63) is 48.7 Å². The number of carboxylic acids is 1. The maximum atomic E-state index is 10.3. The Labute approximate surface area is 97.4 Å². The Hall–Kier alpha value is -2.49. The highest BCUT2D eigenvalue weighted by Crippen LogP contribution is 2.31. The van der Waals surface area contributed by atoms with E-state index in [1.807, 2.05) is 0 Å². The zero-order chi connectivity index (χ0) is 12.3. The van der Waals surface area contributed by atoms with E-state index in [9.17, 15) is 9.90 Å². The van der Waals surface area contributed by atoms with E-state index in [-0.39, 0.29) is 5.75 Å². The minimum atomic E-state index is -1.08. The Morgan fingerprint density at radius 3 is 2.59 bits per heavy atom. The van der Waals surface area contributed by atoms with Crippen LogP contribution in [0.1, 0.15) is 0 Å². The molecule has 2 N–H and O–H groups in total. The average molecular weight is 230 g/mol. The van der Waals surface area contributed by atoms with E-state index in [1.165, 1.54) is 0 Å². The van der Waals surface area contributed by atoms with Gasteiger partial charge in [0.1, 0.15) is 11.5 Å². The third kappa shape index (κ3) is 2.36. The number of ether oxygens (including phenoxy) is 1. The molecular weight excluding hydrogens is 220 g/mol. The summed E-state index contributed by atoms with van der Waals surface area (Å²) >= 11 is 0. The van der Waals surface area contributed by atoms with E-state index in [0.29, 0.717) is 11.1 Å². The molecule has 0 spiro atoms. The molecule has 0 saturated carbocycles. The van der Waals surface area contributed by atoms with Crippen molar-refractivity contribution in [2.45, 2.75) is 0 Å². The molecule has 0 unspecified atom stereocenters. The Balaban J connectivity index is 2.41. The fraction of sp³-hybridized carbons (Fsp3) is 0. The Kier molecular flexibility index (Phi) is 2.96. The molecule has 0 aliphatic rings. The first kappa shape index (κ1) is 11.0. The van der Waals surface area contributed by atoms with Crippen LogP contribution in [0.5, 0.6) is 11.5 Å². The number of hydrogen-bond acceptors (Lipinski definition) is 3. The summed E-state index contributed by atoms with van der Waals surface area (Å²) in [5.41, 5.74) is 0. The van der Waals surface area contributed by atoms with E-state index in [1.54, 1.807) is 36.4 Å². The smallest absolute Gasteiger partial charge is 0.331 e. The van der Waals surface area contributed by atoms with E-state index in [2.05, 4.69) is 0 Å².